The van der Waals surface area contributed by atoms with Crippen molar-refractivity contribution in [3.8, 4) is 11.3 Å². The van der Waals surface area contributed by atoms with Crippen LogP contribution < -0.4 is 5.32 Å². The fourth-order valence-electron chi connectivity index (χ4n) is 4.83. The Hall–Kier alpha value is -1.88. The summed E-state index contributed by atoms with van der Waals surface area (Å²) in [5.41, 5.74) is 0.513. The average molecular weight is 377 g/mol. The predicted octanol–water partition coefficient (Wildman–Crippen LogP) is 5.00. The van der Waals surface area contributed by atoms with Crippen LogP contribution in [-0.4, -0.2) is 17.1 Å². The van der Waals surface area contributed by atoms with E-state index >= 15 is 0 Å². The molecule has 1 amide bonds. The van der Waals surface area contributed by atoms with Crippen LogP contribution in [0.3, 0.4) is 0 Å². The third-order valence-corrected chi connectivity index (χ3v) is 6.40. The lowest BCUT2D eigenvalue weighted by molar-refractivity contribution is 0.0914. The van der Waals surface area contributed by atoms with Gasteiger partial charge in [-0.3, -0.25) is 4.79 Å². The van der Waals surface area contributed by atoms with Gasteiger partial charge in [-0.05, 0) is 63.0 Å². The number of rotatable bonds is 4. The fourth-order valence-corrected chi connectivity index (χ4v) is 5.08. The quantitative estimate of drug-likeness (QED) is 0.817. The molecule has 138 valence electrons. The minimum absolute atomic E-state index is 0.0658. The van der Waals surface area contributed by atoms with Crippen LogP contribution in [0, 0.1) is 30.5 Å². The van der Waals surface area contributed by atoms with Gasteiger partial charge in [-0.15, -0.1) is 0 Å². The predicted molar refractivity (Wildman–Crippen MR) is 97.5 cm³/mol. The van der Waals surface area contributed by atoms with Gasteiger partial charge < -0.3 is 9.84 Å². The second-order valence-corrected chi connectivity index (χ2v) is 8.07. The highest BCUT2D eigenvalue weighted by molar-refractivity contribution is 6.33. The van der Waals surface area contributed by atoms with Gasteiger partial charge >= 0.3 is 0 Å². The van der Waals surface area contributed by atoms with Gasteiger partial charge in [-0.2, -0.15) is 0 Å². The highest BCUT2D eigenvalue weighted by atomic mass is 35.5. The monoisotopic (exact) mass is 376 g/mol. The Balaban J connectivity index is 1.60. The number of nitrogens with zero attached hydrogens (tertiary/aromatic N) is 1. The van der Waals surface area contributed by atoms with E-state index in [0.717, 1.165) is 5.92 Å². The summed E-state index contributed by atoms with van der Waals surface area (Å²) < 4.78 is 19.5. The number of carbonyl (C=O) groups is 1. The summed E-state index contributed by atoms with van der Waals surface area (Å²) in [4.78, 5) is 12.9. The van der Waals surface area contributed by atoms with Crippen molar-refractivity contribution in [3.63, 3.8) is 0 Å². The molecule has 4 rings (SSSR count). The van der Waals surface area contributed by atoms with E-state index in [0.29, 0.717) is 17.6 Å². The lowest BCUT2D eigenvalue weighted by Gasteiger charge is -2.28. The van der Waals surface area contributed by atoms with E-state index in [1.165, 1.54) is 37.8 Å². The second kappa shape index (κ2) is 6.69. The Bertz CT molecular complexity index is 830. The first kappa shape index (κ1) is 17.5. The Labute approximate surface area is 157 Å². The SMILES string of the molecule is Cc1onc(-c2c(F)cccc2Cl)c1C(=O)N[C@@H](C)[C@@H]1C[C@H]2CC[C@H]1C2. The summed E-state index contributed by atoms with van der Waals surface area (Å²) in [6, 6.07) is 4.45. The van der Waals surface area contributed by atoms with Gasteiger partial charge in [0.2, 0.25) is 0 Å². The molecular weight excluding hydrogens is 355 g/mol. The molecule has 2 bridgehead atoms. The van der Waals surface area contributed by atoms with Crippen molar-refractivity contribution < 1.29 is 13.7 Å². The molecule has 1 heterocycles. The zero-order valence-electron chi connectivity index (χ0n) is 14.9. The third-order valence-electron chi connectivity index (χ3n) is 6.08. The molecule has 4 nitrogen and oxygen atoms in total. The van der Waals surface area contributed by atoms with E-state index in [9.17, 15) is 9.18 Å². The molecule has 1 aromatic heterocycles. The molecule has 6 heteroatoms. The van der Waals surface area contributed by atoms with Gasteiger partial charge in [0.15, 0.2) is 0 Å². The minimum atomic E-state index is -0.527. The maximum atomic E-state index is 14.3. The van der Waals surface area contributed by atoms with E-state index in [1.54, 1.807) is 13.0 Å². The normalized spacial score (nSPS) is 25.5. The highest BCUT2D eigenvalue weighted by Gasteiger charge is 2.42. The first-order chi connectivity index (χ1) is 12.5. The lowest BCUT2D eigenvalue weighted by atomic mass is 9.84. The summed E-state index contributed by atoms with van der Waals surface area (Å²) >= 11 is 6.15. The first-order valence-corrected chi connectivity index (χ1v) is 9.55. The molecule has 1 N–H and O–H groups in total. The molecule has 0 radical (unpaired) electrons. The maximum absolute atomic E-state index is 14.3. The smallest absolute Gasteiger partial charge is 0.257 e. The minimum Gasteiger partial charge on any atom is -0.360 e. The number of aryl methyl sites for hydroxylation is 1. The number of hydrogen-bond donors (Lipinski definition) is 1. The van der Waals surface area contributed by atoms with Crippen molar-refractivity contribution in [1.29, 1.82) is 0 Å². The van der Waals surface area contributed by atoms with Crippen molar-refractivity contribution in [2.45, 2.75) is 45.6 Å². The molecule has 2 saturated carbocycles. The number of benzene rings is 1. The van der Waals surface area contributed by atoms with E-state index in [1.807, 2.05) is 0 Å². The second-order valence-electron chi connectivity index (χ2n) is 7.66. The lowest BCUT2D eigenvalue weighted by Crippen LogP contribution is -2.40. The number of halogens is 2. The first-order valence-electron chi connectivity index (χ1n) is 9.17. The summed E-state index contributed by atoms with van der Waals surface area (Å²) in [5, 5.41) is 7.21. The van der Waals surface area contributed by atoms with E-state index in [4.69, 9.17) is 16.1 Å². The molecule has 2 aromatic rings. The van der Waals surface area contributed by atoms with Crippen molar-refractivity contribution in [2.75, 3.05) is 0 Å². The van der Waals surface area contributed by atoms with Crippen LogP contribution in [0.15, 0.2) is 22.7 Å². The average Bonchev–Trinajstić information content (AvgIpc) is 3.30. The largest absolute Gasteiger partial charge is 0.360 e. The Morgan fingerprint density at radius 1 is 1.38 bits per heavy atom. The number of hydrogen-bond acceptors (Lipinski definition) is 3. The topological polar surface area (TPSA) is 55.1 Å². The Morgan fingerprint density at radius 2 is 2.19 bits per heavy atom. The van der Waals surface area contributed by atoms with Crippen molar-refractivity contribution in [1.82, 2.24) is 10.5 Å². The fraction of sp³-hybridized carbons (Fsp3) is 0.500. The van der Waals surface area contributed by atoms with Gasteiger partial charge in [0.1, 0.15) is 22.8 Å². The zero-order chi connectivity index (χ0) is 18.4. The summed E-state index contributed by atoms with van der Waals surface area (Å²) in [6.07, 6.45) is 5.05. The molecule has 2 fully saturated rings. The number of nitrogens with one attached hydrogen (secondary N) is 1. The van der Waals surface area contributed by atoms with Crippen molar-refractivity contribution in [2.24, 2.45) is 17.8 Å². The van der Waals surface area contributed by atoms with Crippen LogP contribution in [-0.2, 0) is 0 Å². The maximum Gasteiger partial charge on any atom is 0.257 e. The number of carbonyl (C=O) groups excluding carboxylic acids is 1. The van der Waals surface area contributed by atoms with Crippen LogP contribution in [0.5, 0.6) is 0 Å². The Morgan fingerprint density at radius 3 is 2.85 bits per heavy atom. The van der Waals surface area contributed by atoms with Gasteiger partial charge in [-0.25, -0.2) is 4.39 Å². The van der Waals surface area contributed by atoms with Gasteiger partial charge in [0, 0.05) is 6.04 Å². The molecule has 0 spiro atoms. The molecular formula is C20H22ClFN2O2. The zero-order valence-corrected chi connectivity index (χ0v) is 15.6. The van der Waals surface area contributed by atoms with Gasteiger partial charge in [0.25, 0.3) is 5.91 Å². The molecule has 1 aromatic carbocycles. The van der Waals surface area contributed by atoms with E-state index in [-0.39, 0.29) is 33.8 Å². The number of amides is 1. The summed E-state index contributed by atoms with van der Waals surface area (Å²) in [6.45, 7) is 3.71. The number of fused-ring (bicyclic) bond motifs is 2. The molecule has 0 unspecified atom stereocenters. The molecule has 4 atom stereocenters. The van der Waals surface area contributed by atoms with Crippen molar-refractivity contribution in [3.05, 3.63) is 40.4 Å². The van der Waals surface area contributed by atoms with Gasteiger partial charge in [-0.1, -0.05) is 29.2 Å². The number of aromatic nitrogens is 1. The molecule has 26 heavy (non-hydrogen) atoms. The standard InChI is InChI=1S/C20H22ClFN2O2/c1-10(14-9-12-6-7-13(14)8-12)23-20(25)17-11(2)26-24-19(17)18-15(21)4-3-5-16(18)22/h3-5,10,12-14H,6-9H2,1-2H3,(H,23,25)/t10-,12-,13-,14-/m0/s1. The molecule has 2 aliphatic rings. The summed E-state index contributed by atoms with van der Waals surface area (Å²) in [5.74, 6) is 1.58. The van der Waals surface area contributed by atoms with Crippen LogP contribution in [0.1, 0.15) is 48.7 Å². The van der Waals surface area contributed by atoms with Crippen LogP contribution in [0.25, 0.3) is 11.3 Å². The van der Waals surface area contributed by atoms with Gasteiger partial charge in [0.05, 0.1) is 10.6 Å². The molecule has 0 aliphatic heterocycles. The Kier molecular flexibility index (Phi) is 4.51. The van der Waals surface area contributed by atoms with Crippen LogP contribution in [0.4, 0.5) is 4.39 Å². The summed E-state index contributed by atoms with van der Waals surface area (Å²) in [7, 11) is 0. The van der Waals surface area contributed by atoms with Crippen LogP contribution >= 0.6 is 11.6 Å². The van der Waals surface area contributed by atoms with Crippen molar-refractivity contribution >= 4 is 17.5 Å². The van der Waals surface area contributed by atoms with E-state index < -0.39 is 5.82 Å². The molecule has 0 saturated heterocycles. The van der Waals surface area contributed by atoms with Crippen LogP contribution in [0.2, 0.25) is 5.02 Å². The highest BCUT2D eigenvalue weighted by Crippen LogP contribution is 2.49. The third kappa shape index (κ3) is 2.92. The molecule has 2 aliphatic carbocycles. The van der Waals surface area contributed by atoms with E-state index in [2.05, 4.69) is 17.4 Å².